The Hall–Kier alpha value is -0.670. The summed E-state index contributed by atoms with van der Waals surface area (Å²) in [6, 6.07) is 12.5. The van der Waals surface area contributed by atoms with E-state index in [-0.39, 0.29) is 0 Å². The first-order valence-corrected chi connectivity index (χ1v) is 7.17. The van der Waals surface area contributed by atoms with Crippen LogP contribution >= 0.6 is 31.9 Å². The summed E-state index contributed by atoms with van der Waals surface area (Å²) in [5.41, 5.74) is 3.65. The predicted octanol–water partition coefficient (Wildman–Crippen LogP) is 4.83. The van der Waals surface area contributed by atoms with Crippen molar-refractivity contribution in [1.29, 1.82) is 0 Å². The quantitative estimate of drug-likeness (QED) is 0.719. The second-order valence-electron chi connectivity index (χ2n) is 4.00. The number of nitrogens with zero attached hydrogens (tertiary/aromatic N) is 1. The van der Waals surface area contributed by atoms with Gasteiger partial charge in [0.25, 0.3) is 0 Å². The molecular formula is C14H13Br2N. The molecular weight excluding hydrogens is 342 g/mol. The Morgan fingerprint density at radius 1 is 1.24 bits per heavy atom. The largest absolute Gasteiger partial charge is 0.260 e. The number of benzene rings is 1. The zero-order valence-corrected chi connectivity index (χ0v) is 12.7. The Labute approximate surface area is 119 Å². The summed E-state index contributed by atoms with van der Waals surface area (Å²) in [7, 11) is 0. The smallest absolute Gasteiger partial charge is 0.0450 e. The van der Waals surface area contributed by atoms with Gasteiger partial charge in [0.2, 0.25) is 0 Å². The topological polar surface area (TPSA) is 12.9 Å². The van der Waals surface area contributed by atoms with Crippen LogP contribution in [-0.4, -0.2) is 4.98 Å². The standard InChI is InChI=1S/C14H13Br2N/c1-10-7-12(15)9-17-14(10)8-13(16)11-5-3-2-4-6-11/h2-7,9,13H,8H2,1H3. The molecule has 2 aromatic rings. The monoisotopic (exact) mass is 353 g/mol. The molecule has 0 aliphatic carbocycles. The van der Waals surface area contributed by atoms with Crippen molar-refractivity contribution in [2.75, 3.05) is 0 Å². The average molecular weight is 355 g/mol. The molecule has 1 aromatic carbocycles. The van der Waals surface area contributed by atoms with E-state index in [1.165, 1.54) is 11.1 Å². The van der Waals surface area contributed by atoms with Crippen molar-refractivity contribution in [1.82, 2.24) is 4.98 Å². The number of aryl methyl sites for hydroxylation is 1. The van der Waals surface area contributed by atoms with Gasteiger partial charge >= 0.3 is 0 Å². The van der Waals surface area contributed by atoms with Gasteiger partial charge in [0.15, 0.2) is 0 Å². The minimum Gasteiger partial charge on any atom is -0.260 e. The van der Waals surface area contributed by atoms with Crippen LogP contribution in [0, 0.1) is 6.92 Å². The Morgan fingerprint density at radius 2 is 1.94 bits per heavy atom. The lowest BCUT2D eigenvalue weighted by atomic mass is 10.1. The molecule has 17 heavy (non-hydrogen) atoms. The fourth-order valence-corrected chi connectivity index (χ4v) is 2.79. The summed E-state index contributed by atoms with van der Waals surface area (Å²) in [6.07, 6.45) is 2.76. The second kappa shape index (κ2) is 5.78. The Balaban J connectivity index is 2.16. The van der Waals surface area contributed by atoms with Crippen molar-refractivity contribution < 1.29 is 0 Å². The maximum Gasteiger partial charge on any atom is 0.0450 e. The zero-order valence-electron chi connectivity index (χ0n) is 9.53. The van der Waals surface area contributed by atoms with E-state index in [0.717, 1.165) is 16.6 Å². The molecule has 88 valence electrons. The third-order valence-electron chi connectivity index (χ3n) is 2.69. The van der Waals surface area contributed by atoms with Gasteiger partial charge in [-0.2, -0.15) is 0 Å². The van der Waals surface area contributed by atoms with Crippen LogP contribution in [0.5, 0.6) is 0 Å². The molecule has 0 fully saturated rings. The summed E-state index contributed by atoms with van der Waals surface area (Å²) in [6.45, 7) is 2.10. The fourth-order valence-electron chi connectivity index (χ4n) is 1.73. The van der Waals surface area contributed by atoms with Gasteiger partial charge in [-0.05, 0) is 40.0 Å². The SMILES string of the molecule is Cc1cc(Br)cnc1CC(Br)c1ccccc1. The van der Waals surface area contributed by atoms with E-state index in [9.17, 15) is 0 Å². The molecule has 0 spiro atoms. The summed E-state index contributed by atoms with van der Waals surface area (Å²) >= 11 is 7.16. The maximum atomic E-state index is 4.47. The number of alkyl halides is 1. The van der Waals surface area contributed by atoms with Crippen molar-refractivity contribution in [3.05, 3.63) is 63.9 Å². The molecule has 2 rings (SSSR count). The van der Waals surface area contributed by atoms with Crippen molar-refractivity contribution >= 4 is 31.9 Å². The van der Waals surface area contributed by atoms with E-state index < -0.39 is 0 Å². The first kappa shape index (κ1) is 12.8. The van der Waals surface area contributed by atoms with Crippen LogP contribution in [-0.2, 0) is 6.42 Å². The van der Waals surface area contributed by atoms with E-state index in [0.29, 0.717) is 4.83 Å². The zero-order chi connectivity index (χ0) is 12.3. The molecule has 0 amide bonds. The first-order valence-electron chi connectivity index (χ1n) is 5.47. The predicted molar refractivity (Wildman–Crippen MR) is 78.5 cm³/mol. The summed E-state index contributed by atoms with van der Waals surface area (Å²) in [4.78, 5) is 4.78. The molecule has 0 radical (unpaired) electrons. The molecule has 0 saturated carbocycles. The maximum absolute atomic E-state index is 4.47. The van der Waals surface area contributed by atoms with Gasteiger partial charge in [-0.25, -0.2) is 0 Å². The third kappa shape index (κ3) is 3.39. The van der Waals surface area contributed by atoms with Crippen LogP contribution in [0.3, 0.4) is 0 Å². The van der Waals surface area contributed by atoms with Crippen LogP contribution in [0.25, 0.3) is 0 Å². The minimum absolute atomic E-state index is 0.316. The highest BCUT2D eigenvalue weighted by molar-refractivity contribution is 9.10. The van der Waals surface area contributed by atoms with Gasteiger partial charge in [-0.1, -0.05) is 46.3 Å². The Morgan fingerprint density at radius 3 is 2.59 bits per heavy atom. The Kier molecular flexibility index (Phi) is 4.35. The second-order valence-corrected chi connectivity index (χ2v) is 6.02. The molecule has 1 atom stereocenters. The van der Waals surface area contributed by atoms with E-state index in [2.05, 4.69) is 74.1 Å². The third-order valence-corrected chi connectivity index (χ3v) is 3.97. The molecule has 1 nitrogen and oxygen atoms in total. The first-order chi connectivity index (χ1) is 8.16. The fraction of sp³-hybridized carbons (Fsp3) is 0.214. The van der Waals surface area contributed by atoms with Crippen molar-refractivity contribution in [3.8, 4) is 0 Å². The normalized spacial score (nSPS) is 12.4. The highest BCUT2D eigenvalue weighted by Crippen LogP contribution is 2.27. The number of hydrogen-bond acceptors (Lipinski definition) is 1. The van der Waals surface area contributed by atoms with Crippen LogP contribution in [0.4, 0.5) is 0 Å². The van der Waals surface area contributed by atoms with Gasteiger partial charge < -0.3 is 0 Å². The summed E-state index contributed by atoms with van der Waals surface area (Å²) in [5.74, 6) is 0. The average Bonchev–Trinajstić information content (AvgIpc) is 2.34. The van der Waals surface area contributed by atoms with Crippen molar-refractivity contribution in [3.63, 3.8) is 0 Å². The summed E-state index contributed by atoms with van der Waals surface area (Å²) < 4.78 is 1.03. The van der Waals surface area contributed by atoms with Crippen molar-refractivity contribution in [2.24, 2.45) is 0 Å². The molecule has 1 heterocycles. The molecule has 1 aromatic heterocycles. The van der Waals surface area contributed by atoms with E-state index in [1.54, 1.807) is 0 Å². The number of rotatable bonds is 3. The molecule has 3 heteroatoms. The molecule has 0 saturated heterocycles. The van der Waals surface area contributed by atoms with E-state index >= 15 is 0 Å². The highest BCUT2D eigenvalue weighted by Gasteiger charge is 2.10. The molecule has 0 aliphatic rings. The molecule has 1 unspecified atom stereocenters. The van der Waals surface area contributed by atoms with E-state index in [4.69, 9.17) is 0 Å². The molecule has 0 N–H and O–H groups in total. The number of halogens is 2. The number of pyridine rings is 1. The lowest BCUT2D eigenvalue weighted by Crippen LogP contribution is -2.00. The van der Waals surface area contributed by atoms with Crippen LogP contribution in [0.1, 0.15) is 21.6 Å². The highest BCUT2D eigenvalue weighted by atomic mass is 79.9. The number of hydrogen-bond donors (Lipinski definition) is 0. The van der Waals surface area contributed by atoms with Gasteiger partial charge in [-0.3, -0.25) is 4.98 Å². The van der Waals surface area contributed by atoms with Crippen LogP contribution in [0.2, 0.25) is 0 Å². The van der Waals surface area contributed by atoms with Crippen LogP contribution < -0.4 is 0 Å². The van der Waals surface area contributed by atoms with Gasteiger partial charge in [0.1, 0.15) is 0 Å². The molecule has 0 bridgehead atoms. The molecule has 0 aliphatic heterocycles. The van der Waals surface area contributed by atoms with Gasteiger partial charge in [0.05, 0.1) is 0 Å². The van der Waals surface area contributed by atoms with E-state index in [1.807, 2.05) is 12.3 Å². The van der Waals surface area contributed by atoms with Gasteiger partial charge in [-0.15, -0.1) is 0 Å². The van der Waals surface area contributed by atoms with Gasteiger partial charge in [0, 0.05) is 27.6 Å². The minimum atomic E-state index is 0.316. The van der Waals surface area contributed by atoms with Crippen molar-refractivity contribution in [2.45, 2.75) is 18.2 Å². The lowest BCUT2D eigenvalue weighted by Gasteiger charge is -2.11. The lowest BCUT2D eigenvalue weighted by molar-refractivity contribution is 0.890. The Bertz CT molecular complexity index is 497. The summed E-state index contributed by atoms with van der Waals surface area (Å²) in [5, 5.41) is 0. The van der Waals surface area contributed by atoms with Crippen LogP contribution in [0.15, 0.2) is 47.1 Å². The number of aromatic nitrogens is 1.